The lowest BCUT2D eigenvalue weighted by atomic mass is 10.2. The monoisotopic (exact) mass is 441 g/mol. The zero-order chi connectivity index (χ0) is 19.3. The molecule has 0 aliphatic carbocycles. The molecule has 1 aromatic heterocycles. The second-order valence-corrected chi connectivity index (χ2v) is 6.84. The van der Waals surface area contributed by atoms with E-state index in [1.165, 1.54) is 6.21 Å². The van der Waals surface area contributed by atoms with Gasteiger partial charge in [-0.15, -0.1) is 0 Å². The van der Waals surface area contributed by atoms with Gasteiger partial charge in [0.2, 0.25) is 6.79 Å². The van der Waals surface area contributed by atoms with E-state index in [1.54, 1.807) is 18.2 Å². The number of carbonyl (C=O) groups is 1. The lowest BCUT2D eigenvalue weighted by Gasteiger charge is -2.06. The summed E-state index contributed by atoms with van der Waals surface area (Å²) >= 11 is 3.40. The molecule has 2 N–H and O–H groups in total. The molecule has 8 heteroatoms. The highest BCUT2D eigenvalue weighted by Crippen LogP contribution is 2.34. The Morgan fingerprint density at radius 2 is 1.89 bits per heavy atom. The van der Waals surface area contributed by atoms with Crippen LogP contribution in [0.5, 0.6) is 11.5 Å². The largest absolute Gasteiger partial charge is 0.455 e. The van der Waals surface area contributed by atoms with Crippen molar-refractivity contribution in [3.05, 3.63) is 64.8 Å². The first-order valence-corrected chi connectivity index (χ1v) is 9.28. The third kappa shape index (κ3) is 4.34. The number of ether oxygens (including phenoxy) is 2. The molecule has 142 valence electrons. The molecule has 0 atom stereocenters. The first-order valence-electron chi connectivity index (χ1n) is 8.48. The molecule has 0 saturated heterocycles. The predicted octanol–water partition coefficient (Wildman–Crippen LogP) is 4.00. The van der Waals surface area contributed by atoms with Crippen molar-refractivity contribution >= 4 is 33.7 Å². The van der Waals surface area contributed by atoms with Crippen molar-refractivity contribution in [3.8, 4) is 22.8 Å². The molecule has 2 aromatic carbocycles. The minimum atomic E-state index is -0.284. The Morgan fingerprint density at radius 1 is 1.07 bits per heavy atom. The Bertz CT molecular complexity index is 1010. The number of nitrogens with one attached hydrogen (secondary N) is 2. The van der Waals surface area contributed by atoms with Crippen molar-refractivity contribution in [2.45, 2.75) is 0 Å². The van der Waals surface area contributed by atoms with Gasteiger partial charge in [0.1, 0.15) is 11.5 Å². The van der Waals surface area contributed by atoms with Crippen molar-refractivity contribution < 1.29 is 18.7 Å². The fourth-order valence-electron chi connectivity index (χ4n) is 2.59. The lowest BCUT2D eigenvalue weighted by molar-refractivity contribution is -0.119. The van der Waals surface area contributed by atoms with E-state index in [9.17, 15) is 4.79 Å². The van der Waals surface area contributed by atoms with Gasteiger partial charge in [0, 0.05) is 21.8 Å². The fraction of sp³-hybridized carbons (Fsp3) is 0.100. The molecular formula is C20H16BrN3O4. The van der Waals surface area contributed by atoms with E-state index >= 15 is 0 Å². The van der Waals surface area contributed by atoms with Crippen LogP contribution in [0.3, 0.4) is 0 Å². The first kappa shape index (κ1) is 18.1. The maximum absolute atomic E-state index is 11.9. The van der Waals surface area contributed by atoms with E-state index in [0.29, 0.717) is 17.3 Å². The van der Waals surface area contributed by atoms with Crippen molar-refractivity contribution in [1.82, 2.24) is 5.43 Å². The summed E-state index contributed by atoms with van der Waals surface area (Å²) in [6, 6.07) is 16.8. The number of furan rings is 1. The molecule has 0 saturated carbocycles. The normalized spacial score (nSPS) is 12.3. The summed E-state index contributed by atoms with van der Waals surface area (Å²) in [5.74, 6) is 2.34. The first-order chi connectivity index (χ1) is 13.7. The molecule has 0 radical (unpaired) electrons. The summed E-state index contributed by atoms with van der Waals surface area (Å²) in [7, 11) is 0. The number of hydrogen-bond donors (Lipinski definition) is 2. The highest BCUT2D eigenvalue weighted by molar-refractivity contribution is 9.10. The second kappa shape index (κ2) is 8.18. The van der Waals surface area contributed by atoms with Gasteiger partial charge in [-0.3, -0.25) is 4.79 Å². The molecule has 0 fully saturated rings. The van der Waals surface area contributed by atoms with Crippen LogP contribution in [-0.4, -0.2) is 25.5 Å². The minimum Gasteiger partial charge on any atom is -0.455 e. The van der Waals surface area contributed by atoms with Crippen molar-refractivity contribution in [3.63, 3.8) is 0 Å². The lowest BCUT2D eigenvalue weighted by Crippen LogP contribution is -2.25. The number of rotatable bonds is 6. The van der Waals surface area contributed by atoms with Crippen LogP contribution in [0, 0.1) is 0 Å². The highest BCUT2D eigenvalue weighted by atomic mass is 79.9. The maximum atomic E-state index is 11.9. The average Bonchev–Trinajstić information content (AvgIpc) is 3.36. The summed E-state index contributed by atoms with van der Waals surface area (Å²) in [5, 5.41) is 6.93. The number of hydrogen-bond acceptors (Lipinski definition) is 6. The Balaban J connectivity index is 1.27. The summed E-state index contributed by atoms with van der Waals surface area (Å²) in [6.45, 7) is 0.281. The molecular weight excluding hydrogens is 426 g/mol. The number of carbonyl (C=O) groups excluding carboxylic acids is 1. The molecule has 3 aromatic rings. The number of amides is 1. The molecule has 0 unspecified atom stereocenters. The van der Waals surface area contributed by atoms with Crippen molar-refractivity contribution in [2.75, 3.05) is 18.7 Å². The van der Waals surface area contributed by atoms with E-state index in [-0.39, 0.29) is 19.2 Å². The maximum Gasteiger partial charge on any atom is 0.259 e. The quantitative estimate of drug-likeness (QED) is 0.446. The Hall–Kier alpha value is -3.26. The highest BCUT2D eigenvalue weighted by Gasteiger charge is 2.13. The number of hydrazone groups is 1. The zero-order valence-electron chi connectivity index (χ0n) is 14.6. The molecule has 4 rings (SSSR count). The van der Waals surface area contributed by atoms with Crippen LogP contribution < -0.4 is 20.2 Å². The molecule has 1 amide bonds. The third-order valence-corrected chi connectivity index (χ3v) is 4.49. The molecule has 1 aliphatic rings. The smallest absolute Gasteiger partial charge is 0.259 e. The van der Waals surface area contributed by atoms with Crippen LogP contribution >= 0.6 is 15.9 Å². The van der Waals surface area contributed by atoms with Gasteiger partial charge in [0.05, 0.1) is 12.8 Å². The van der Waals surface area contributed by atoms with E-state index in [1.807, 2.05) is 36.4 Å². The van der Waals surface area contributed by atoms with Gasteiger partial charge < -0.3 is 19.2 Å². The SMILES string of the molecule is O=C(CNc1ccc2c(c1)OCO2)N/N=C/c1ccc(-c2ccc(Br)cc2)o1. The standard InChI is InChI=1S/C20H16BrN3O4/c21-14-3-1-13(2-4-14)17-8-6-16(28-17)10-23-24-20(25)11-22-15-5-7-18-19(9-15)27-12-26-18/h1-10,22H,11-12H2,(H,24,25)/b23-10+. The molecule has 28 heavy (non-hydrogen) atoms. The Kier molecular flexibility index (Phi) is 5.29. The summed E-state index contributed by atoms with van der Waals surface area (Å²) < 4.78 is 17.3. The summed E-state index contributed by atoms with van der Waals surface area (Å²) in [5.41, 5.74) is 4.17. The third-order valence-electron chi connectivity index (χ3n) is 3.96. The van der Waals surface area contributed by atoms with Gasteiger partial charge >= 0.3 is 0 Å². The van der Waals surface area contributed by atoms with Crippen molar-refractivity contribution in [1.29, 1.82) is 0 Å². The van der Waals surface area contributed by atoms with Crippen LogP contribution in [-0.2, 0) is 4.79 Å². The van der Waals surface area contributed by atoms with Gasteiger partial charge in [-0.05, 0) is 36.4 Å². The van der Waals surface area contributed by atoms with E-state index in [2.05, 4.69) is 31.8 Å². The molecule has 1 aliphatic heterocycles. The topological polar surface area (TPSA) is 85.1 Å². The van der Waals surface area contributed by atoms with Gasteiger partial charge in [0.15, 0.2) is 11.5 Å². The fourth-order valence-corrected chi connectivity index (χ4v) is 2.85. The van der Waals surface area contributed by atoms with E-state index < -0.39 is 0 Å². The summed E-state index contributed by atoms with van der Waals surface area (Å²) in [6.07, 6.45) is 1.46. The van der Waals surface area contributed by atoms with Gasteiger partial charge in [-0.25, -0.2) is 5.43 Å². The van der Waals surface area contributed by atoms with Crippen LogP contribution in [0.15, 0.2) is 68.6 Å². The number of fused-ring (bicyclic) bond motifs is 1. The van der Waals surface area contributed by atoms with Gasteiger partial charge in [-0.2, -0.15) is 5.10 Å². The van der Waals surface area contributed by atoms with Crippen LogP contribution in [0.2, 0.25) is 0 Å². The van der Waals surface area contributed by atoms with Gasteiger partial charge in [0.25, 0.3) is 5.91 Å². The number of halogens is 1. The average molecular weight is 442 g/mol. The summed E-state index contributed by atoms with van der Waals surface area (Å²) in [4.78, 5) is 11.9. The minimum absolute atomic E-state index is 0.0687. The predicted molar refractivity (Wildman–Crippen MR) is 109 cm³/mol. The molecule has 0 spiro atoms. The second-order valence-electron chi connectivity index (χ2n) is 5.92. The Labute approximate surface area is 169 Å². The zero-order valence-corrected chi connectivity index (χ0v) is 16.2. The molecule has 2 heterocycles. The van der Waals surface area contributed by atoms with Crippen molar-refractivity contribution in [2.24, 2.45) is 5.10 Å². The van der Waals surface area contributed by atoms with E-state index in [0.717, 1.165) is 21.5 Å². The number of nitrogens with zero attached hydrogens (tertiary/aromatic N) is 1. The van der Waals surface area contributed by atoms with Crippen LogP contribution in [0.4, 0.5) is 5.69 Å². The number of benzene rings is 2. The van der Waals surface area contributed by atoms with Gasteiger partial charge in [-0.1, -0.05) is 28.1 Å². The molecule has 0 bridgehead atoms. The molecule has 7 nitrogen and oxygen atoms in total. The number of anilines is 1. The van der Waals surface area contributed by atoms with Crippen LogP contribution in [0.1, 0.15) is 5.76 Å². The van der Waals surface area contributed by atoms with E-state index in [4.69, 9.17) is 13.9 Å². The Morgan fingerprint density at radius 3 is 2.75 bits per heavy atom. The van der Waals surface area contributed by atoms with Crippen LogP contribution in [0.25, 0.3) is 11.3 Å².